The quantitative estimate of drug-likeness (QED) is 0.689. The van der Waals surface area contributed by atoms with Gasteiger partial charge in [0.05, 0.1) is 12.0 Å². The molecule has 0 aliphatic heterocycles. The lowest BCUT2D eigenvalue weighted by molar-refractivity contribution is 0.0933. The van der Waals surface area contributed by atoms with Gasteiger partial charge in [-0.15, -0.1) is 0 Å². The van der Waals surface area contributed by atoms with Crippen LogP contribution in [0.15, 0.2) is 47.4 Å². The molecule has 156 valence electrons. The van der Waals surface area contributed by atoms with Gasteiger partial charge in [0, 0.05) is 17.3 Å². The van der Waals surface area contributed by atoms with Crippen molar-refractivity contribution in [1.82, 2.24) is 5.32 Å². The maximum absolute atomic E-state index is 12.9. The van der Waals surface area contributed by atoms with Gasteiger partial charge in [-0.05, 0) is 61.7 Å². The zero-order valence-corrected chi connectivity index (χ0v) is 17.7. The summed E-state index contributed by atoms with van der Waals surface area (Å²) in [5, 5.41) is 3.07. The van der Waals surface area contributed by atoms with E-state index in [1.54, 1.807) is 50.4 Å². The Morgan fingerprint density at radius 1 is 1.00 bits per heavy atom. The highest BCUT2D eigenvalue weighted by Crippen LogP contribution is 2.23. The molecule has 2 N–H and O–H groups in total. The fraction of sp³-hybridized carbons (Fsp3) is 0.409. The molecule has 1 amide bonds. The van der Waals surface area contributed by atoms with Crippen LogP contribution in [0.3, 0.4) is 0 Å². The summed E-state index contributed by atoms with van der Waals surface area (Å²) in [5.41, 5.74) is 1.37. The Morgan fingerprint density at radius 3 is 2.28 bits per heavy atom. The number of hydrogen-bond donors (Lipinski definition) is 2. The molecule has 3 rings (SSSR count). The molecule has 1 fully saturated rings. The third-order valence-electron chi connectivity index (χ3n) is 5.27. The maximum Gasteiger partial charge on any atom is 0.262 e. The van der Waals surface area contributed by atoms with Crippen LogP contribution in [-0.2, 0) is 10.0 Å². The molecule has 0 unspecified atom stereocenters. The molecule has 1 saturated carbocycles. The van der Waals surface area contributed by atoms with Crippen LogP contribution in [0.25, 0.3) is 0 Å². The van der Waals surface area contributed by atoms with Gasteiger partial charge in [-0.1, -0.05) is 31.7 Å². The number of carbonyl (C=O) groups is 1. The van der Waals surface area contributed by atoms with Crippen LogP contribution in [0.5, 0.6) is 5.75 Å². The Bertz CT molecular complexity index is 947. The zero-order valence-electron chi connectivity index (χ0n) is 16.9. The first-order chi connectivity index (χ1) is 13.9. The van der Waals surface area contributed by atoms with Gasteiger partial charge >= 0.3 is 0 Å². The molecule has 0 spiro atoms. The molecule has 2 aromatic carbocycles. The molecule has 0 radical (unpaired) electrons. The molecule has 0 atom stereocenters. The number of benzene rings is 2. The predicted molar refractivity (Wildman–Crippen MR) is 114 cm³/mol. The number of sulfonamides is 1. The van der Waals surface area contributed by atoms with Crippen LogP contribution in [0, 0.1) is 6.92 Å². The Hall–Kier alpha value is -2.54. The number of amides is 1. The lowest BCUT2D eigenvalue weighted by Crippen LogP contribution is -2.34. The maximum atomic E-state index is 12.9. The van der Waals surface area contributed by atoms with Crippen LogP contribution in [0.4, 0.5) is 5.69 Å². The number of nitrogens with one attached hydrogen (secondary N) is 2. The van der Waals surface area contributed by atoms with E-state index in [0.717, 1.165) is 25.7 Å². The molecule has 1 aliphatic carbocycles. The van der Waals surface area contributed by atoms with Gasteiger partial charge in [0.25, 0.3) is 15.9 Å². The number of anilines is 1. The molecular weight excluding hydrogens is 388 g/mol. The largest absolute Gasteiger partial charge is 0.497 e. The Morgan fingerprint density at radius 2 is 1.66 bits per heavy atom. The number of carbonyl (C=O) groups excluding carboxylic acids is 1. The van der Waals surface area contributed by atoms with Crippen molar-refractivity contribution in [2.45, 2.75) is 56.4 Å². The van der Waals surface area contributed by atoms with Crippen LogP contribution in [-0.4, -0.2) is 27.5 Å². The first kappa shape index (κ1) is 21.2. The Labute approximate surface area is 172 Å². The third-order valence-corrected chi connectivity index (χ3v) is 6.80. The second-order valence-corrected chi connectivity index (χ2v) is 9.13. The van der Waals surface area contributed by atoms with Crippen molar-refractivity contribution in [2.24, 2.45) is 0 Å². The number of hydrogen-bond acceptors (Lipinski definition) is 4. The van der Waals surface area contributed by atoms with Crippen molar-refractivity contribution < 1.29 is 17.9 Å². The summed E-state index contributed by atoms with van der Waals surface area (Å²) in [7, 11) is -2.28. The average Bonchev–Trinajstić information content (AvgIpc) is 2.97. The van der Waals surface area contributed by atoms with Crippen LogP contribution >= 0.6 is 0 Å². The number of rotatable bonds is 6. The molecule has 0 aromatic heterocycles. The topological polar surface area (TPSA) is 84.5 Å². The van der Waals surface area contributed by atoms with Crippen LogP contribution < -0.4 is 14.8 Å². The van der Waals surface area contributed by atoms with Crippen LogP contribution in [0.1, 0.15) is 54.4 Å². The Kier molecular flexibility index (Phi) is 6.79. The van der Waals surface area contributed by atoms with E-state index >= 15 is 0 Å². The van der Waals surface area contributed by atoms with Crippen molar-refractivity contribution in [3.63, 3.8) is 0 Å². The van der Waals surface area contributed by atoms with E-state index in [-0.39, 0.29) is 16.8 Å². The van der Waals surface area contributed by atoms with Gasteiger partial charge in [-0.2, -0.15) is 0 Å². The lowest BCUT2D eigenvalue weighted by atomic mass is 10.1. The average molecular weight is 417 g/mol. The van der Waals surface area contributed by atoms with Gasteiger partial charge in [-0.25, -0.2) is 8.42 Å². The number of aryl methyl sites for hydroxylation is 1. The van der Waals surface area contributed by atoms with Crippen molar-refractivity contribution >= 4 is 21.6 Å². The molecule has 0 saturated heterocycles. The normalized spacial score (nSPS) is 15.4. The monoisotopic (exact) mass is 416 g/mol. The minimum absolute atomic E-state index is 0.0989. The minimum Gasteiger partial charge on any atom is -0.497 e. The van der Waals surface area contributed by atoms with Crippen molar-refractivity contribution in [1.29, 1.82) is 0 Å². The van der Waals surface area contributed by atoms with E-state index in [4.69, 9.17) is 4.74 Å². The van der Waals surface area contributed by atoms with Gasteiger partial charge in [0.1, 0.15) is 5.75 Å². The molecule has 6 nitrogen and oxygen atoms in total. The van der Waals surface area contributed by atoms with Gasteiger partial charge in [-0.3, -0.25) is 9.52 Å². The third kappa shape index (κ3) is 5.50. The SMILES string of the molecule is COc1ccc(NS(=O)(=O)c2cc(C(=O)NC3CCCCCC3)ccc2C)cc1. The molecule has 0 heterocycles. The summed E-state index contributed by atoms with van der Waals surface area (Å²) in [5.74, 6) is 0.416. The highest BCUT2D eigenvalue weighted by atomic mass is 32.2. The first-order valence-corrected chi connectivity index (χ1v) is 11.5. The first-order valence-electron chi connectivity index (χ1n) is 9.97. The number of ether oxygens (including phenoxy) is 1. The molecule has 0 bridgehead atoms. The van der Waals surface area contributed by atoms with Crippen LogP contribution in [0.2, 0.25) is 0 Å². The standard InChI is InChI=1S/C22H28N2O4S/c1-16-9-10-17(22(25)23-18-7-5-3-4-6-8-18)15-21(16)29(26,27)24-19-11-13-20(28-2)14-12-19/h9-15,18,24H,3-8H2,1-2H3,(H,23,25). The fourth-order valence-corrected chi connectivity index (χ4v) is 4.92. The summed E-state index contributed by atoms with van der Waals surface area (Å²) in [4.78, 5) is 12.8. The van der Waals surface area contributed by atoms with Gasteiger partial charge in [0.2, 0.25) is 0 Å². The van der Waals surface area contributed by atoms with Crippen molar-refractivity contribution in [2.75, 3.05) is 11.8 Å². The van der Waals surface area contributed by atoms with E-state index in [2.05, 4.69) is 10.0 Å². The molecule has 1 aliphatic rings. The molecule has 2 aromatic rings. The van der Waals surface area contributed by atoms with E-state index in [1.165, 1.54) is 18.9 Å². The second-order valence-electron chi connectivity index (χ2n) is 7.48. The molecule has 29 heavy (non-hydrogen) atoms. The minimum atomic E-state index is -3.83. The van der Waals surface area contributed by atoms with E-state index in [9.17, 15) is 13.2 Å². The van der Waals surface area contributed by atoms with Crippen molar-refractivity contribution in [3.8, 4) is 5.75 Å². The molecular formula is C22H28N2O4S. The highest BCUT2D eigenvalue weighted by molar-refractivity contribution is 7.92. The predicted octanol–water partition coefficient (Wildman–Crippen LogP) is 4.26. The summed E-state index contributed by atoms with van der Waals surface area (Å²) < 4.78 is 33.5. The van der Waals surface area contributed by atoms with E-state index < -0.39 is 10.0 Å². The summed E-state index contributed by atoms with van der Waals surface area (Å²) >= 11 is 0. The Balaban J connectivity index is 1.78. The van der Waals surface area contributed by atoms with Crippen molar-refractivity contribution in [3.05, 3.63) is 53.6 Å². The van der Waals surface area contributed by atoms with Gasteiger partial charge in [0.15, 0.2) is 0 Å². The smallest absolute Gasteiger partial charge is 0.262 e. The number of methoxy groups -OCH3 is 1. The van der Waals surface area contributed by atoms with Gasteiger partial charge < -0.3 is 10.1 Å². The highest BCUT2D eigenvalue weighted by Gasteiger charge is 2.21. The second kappa shape index (κ2) is 9.31. The fourth-order valence-electron chi connectivity index (χ4n) is 3.59. The zero-order chi connectivity index (χ0) is 20.9. The van der Waals surface area contributed by atoms with E-state index in [1.807, 2.05) is 0 Å². The van der Waals surface area contributed by atoms with E-state index in [0.29, 0.717) is 22.6 Å². The lowest BCUT2D eigenvalue weighted by Gasteiger charge is -2.17. The summed E-state index contributed by atoms with van der Waals surface area (Å²) in [6.07, 6.45) is 6.59. The molecule has 7 heteroatoms. The summed E-state index contributed by atoms with van der Waals surface area (Å²) in [6.45, 7) is 1.72. The summed E-state index contributed by atoms with van der Waals surface area (Å²) in [6, 6.07) is 11.6.